The lowest BCUT2D eigenvalue weighted by atomic mass is 9.81. The van der Waals surface area contributed by atoms with E-state index in [-0.39, 0.29) is 5.41 Å². The number of aryl methyl sites for hydroxylation is 1. The maximum atomic E-state index is 11.9. The molecular weight excluding hydrogens is 196 g/mol. The van der Waals surface area contributed by atoms with Crippen molar-refractivity contribution in [3.8, 4) is 0 Å². The van der Waals surface area contributed by atoms with Gasteiger partial charge in [-0.1, -0.05) is 44.2 Å². The van der Waals surface area contributed by atoms with Gasteiger partial charge in [-0.25, -0.2) is 0 Å². The quantitative estimate of drug-likeness (QED) is 0.754. The average Bonchev–Trinajstić information content (AvgIpc) is 2.52. The fraction of sp³-hybridized carbons (Fsp3) is 0.533. The van der Waals surface area contributed by atoms with Crippen molar-refractivity contribution in [2.45, 2.75) is 39.5 Å². The van der Waals surface area contributed by atoms with Gasteiger partial charge >= 0.3 is 0 Å². The molecule has 0 unspecified atom stereocenters. The first-order valence-corrected chi connectivity index (χ1v) is 6.17. The largest absolute Gasteiger partial charge is 0.299 e. The molecule has 0 amide bonds. The second-order valence-corrected chi connectivity index (χ2v) is 5.48. The molecule has 0 aliphatic heterocycles. The number of rotatable bonds is 3. The highest BCUT2D eigenvalue weighted by Crippen LogP contribution is 2.41. The lowest BCUT2D eigenvalue weighted by Crippen LogP contribution is -2.22. The molecule has 1 nitrogen and oxygen atoms in total. The van der Waals surface area contributed by atoms with Crippen molar-refractivity contribution in [2.24, 2.45) is 11.3 Å². The van der Waals surface area contributed by atoms with Crippen LogP contribution in [-0.4, -0.2) is 5.78 Å². The minimum Gasteiger partial charge on any atom is -0.299 e. The van der Waals surface area contributed by atoms with E-state index in [0.717, 1.165) is 25.7 Å². The van der Waals surface area contributed by atoms with E-state index in [4.69, 9.17) is 0 Å². The van der Waals surface area contributed by atoms with Crippen LogP contribution in [0.3, 0.4) is 0 Å². The number of hydrogen-bond acceptors (Lipinski definition) is 1. The van der Waals surface area contributed by atoms with Crippen molar-refractivity contribution in [3.63, 3.8) is 0 Å². The molecule has 0 saturated heterocycles. The number of hydrogen-bond donors (Lipinski definition) is 0. The first-order valence-electron chi connectivity index (χ1n) is 6.17. The Kier molecular flexibility index (Phi) is 3.13. The maximum Gasteiger partial charge on any atom is 0.139 e. The summed E-state index contributed by atoms with van der Waals surface area (Å²) in [4.78, 5) is 11.9. The summed E-state index contributed by atoms with van der Waals surface area (Å²) in [5, 5.41) is 0. The monoisotopic (exact) mass is 216 g/mol. The fourth-order valence-electron chi connectivity index (χ4n) is 2.82. The Labute approximate surface area is 97.9 Å². The van der Waals surface area contributed by atoms with Gasteiger partial charge in [0.05, 0.1) is 0 Å². The zero-order chi connectivity index (χ0) is 11.6. The molecule has 1 fully saturated rings. The Morgan fingerprint density at radius 2 is 2.00 bits per heavy atom. The van der Waals surface area contributed by atoms with Crippen LogP contribution in [0.25, 0.3) is 0 Å². The average molecular weight is 216 g/mol. The molecule has 1 heteroatoms. The van der Waals surface area contributed by atoms with Gasteiger partial charge in [-0.05, 0) is 30.7 Å². The van der Waals surface area contributed by atoms with E-state index < -0.39 is 0 Å². The molecule has 1 aromatic carbocycles. The molecular formula is C15H20O. The predicted molar refractivity (Wildman–Crippen MR) is 66.3 cm³/mol. The third kappa shape index (κ3) is 2.34. The zero-order valence-corrected chi connectivity index (χ0v) is 10.2. The van der Waals surface area contributed by atoms with E-state index >= 15 is 0 Å². The Balaban J connectivity index is 1.98. The molecule has 0 heterocycles. The first kappa shape index (κ1) is 11.4. The molecule has 0 radical (unpaired) electrons. The second-order valence-electron chi connectivity index (χ2n) is 5.48. The molecule has 86 valence electrons. The van der Waals surface area contributed by atoms with Gasteiger partial charge < -0.3 is 0 Å². The molecule has 0 spiro atoms. The van der Waals surface area contributed by atoms with Crippen LogP contribution in [0.15, 0.2) is 30.3 Å². The standard InChI is InChI=1S/C15H20O/c1-12-10-14(16)15(2,11-12)9-8-13-6-4-3-5-7-13/h3-7,12H,8-11H2,1-2H3/t12-,15+/m0/s1. The molecule has 0 bridgehead atoms. The van der Waals surface area contributed by atoms with Gasteiger partial charge in [0.15, 0.2) is 0 Å². The van der Waals surface area contributed by atoms with E-state index in [1.165, 1.54) is 5.56 Å². The van der Waals surface area contributed by atoms with Crippen LogP contribution in [-0.2, 0) is 11.2 Å². The third-order valence-electron chi connectivity index (χ3n) is 3.81. The van der Waals surface area contributed by atoms with E-state index in [1.54, 1.807) is 0 Å². The summed E-state index contributed by atoms with van der Waals surface area (Å²) < 4.78 is 0. The van der Waals surface area contributed by atoms with Gasteiger partial charge in [0.2, 0.25) is 0 Å². The molecule has 1 aliphatic carbocycles. The van der Waals surface area contributed by atoms with Crippen molar-refractivity contribution in [1.29, 1.82) is 0 Å². The van der Waals surface area contributed by atoms with Crippen molar-refractivity contribution in [2.75, 3.05) is 0 Å². The highest BCUT2D eigenvalue weighted by molar-refractivity contribution is 5.86. The highest BCUT2D eigenvalue weighted by Gasteiger charge is 2.40. The third-order valence-corrected chi connectivity index (χ3v) is 3.81. The van der Waals surface area contributed by atoms with Crippen molar-refractivity contribution < 1.29 is 4.79 Å². The van der Waals surface area contributed by atoms with Crippen LogP contribution in [0.2, 0.25) is 0 Å². The van der Waals surface area contributed by atoms with Crippen LogP contribution < -0.4 is 0 Å². The molecule has 1 saturated carbocycles. The summed E-state index contributed by atoms with van der Waals surface area (Å²) in [7, 11) is 0. The topological polar surface area (TPSA) is 17.1 Å². The number of ketones is 1. The van der Waals surface area contributed by atoms with Gasteiger partial charge in [-0.15, -0.1) is 0 Å². The number of carbonyl (C=O) groups is 1. The van der Waals surface area contributed by atoms with E-state index in [0.29, 0.717) is 11.7 Å². The Morgan fingerprint density at radius 1 is 1.31 bits per heavy atom. The molecule has 0 aromatic heterocycles. The van der Waals surface area contributed by atoms with Gasteiger partial charge in [-0.2, -0.15) is 0 Å². The van der Waals surface area contributed by atoms with Gasteiger partial charge in [0.25, 0.3) is 0 Å². The Hall–Kier alpha value is -1.11. The van der Waals surface area contributed by atoms with Gasteiger partial charge in [-0.3, -0.25) is 4.79 Å². The second kappa shape index (κ2) is 4.40. The predicted octanol–water partition coefficient (Wildman–Crippen LogP) is 3.62. The Morgan fingerprint density at radius 3 is 2.56 bits per heavy atom. The molecule has 2 rings (SSSR count). The summed E-state index contributed by atoms with van der Waals surface area (Å²) in [6, 6.07) is 10.5. The minimum absolute atomic E-state index is 0.0603. The SMILES string of the molecule is C[C@H]1CC(=O)[C@](C)(CCc2ccccc2)C1. The normalized spacial score (nSPS) is 29.6. The lowest BCUT2D eigenvalue weighted by molar-refractivity contribution is -0.125. The molecule has 2 atom stereocenters. The van der Waals surface area contributed by atoms with Crippen LogP contribution >= 0.6 is 0 Å². The van der Waals surface area contributed by atoms with Crippen molar-refractivity contribution >= 4 is 5.78 Å². The molecule has 1 aromatic rings. The lowest BCUT2D eigenvalue weighted by Gasteiger charge is -2.22. The minimum atomic E-state index is -0.0603. The highest BCUT2D eigenvalue weighted by atomic mass is 16.1. The van der Waals surface area contributed by atoms with Crippen LogP contribution in [0.4, 0.5) is 0 Å². The maximum absolute atomic E-state index is 11.9. The van der Waals surface area contributed by atoms with Crippen LogP contribution in [0.1, 0.15) is 38.7 Å². The summed E-state index contributed by atoms with van der Waals surface area (Å²) in [6.07, 6.45) is 3.87. The van der Waals surface area contributed by atoms with Crippen LogP contribution in [0.5, 0.6) is 0 Å². The summed E-state index contributed by atoms with van der Waals surface area (Å²) in [5.74, 6) is 1.05. The molecule has 0 N–H and O–H groups in total. The number of carbonyl (C=O) groups excluding carboxylic acids is 1. The smallest absolute Gasteiger partial charge is 0.139 e. The summed E-state index contributed by atoms with van der Waals surface area (Å²) in [5.41, 5.74) is 1.28. The van der Waals surface area contributed by atoms with Crippen molar-refractivity contribution in [1.82, 2.24) is 0 Å². The summed E-state index contributed by atoms with van der Waals surface area (Å²) in [6.45, 7) is 4.33. The van der Waals surface area contributed by atoms with E-state index in [1.807, 2.05) is 6.07 Å². The van der Waals surface area contributed by atoms with E-state index in [9.17, 15) is 4.79 Å². The molecule has 1 aliphatic rings. The summed E-state index contributed by atoms with van der Waals surface area (Å²) >= 11 is 0. The van der Waals surface area contributed by atoms with Crippen LogP contribution in [0, 0.1) is 11.3 Å². The van der Waals surface area contributed by atoms with E-state index in [2.05, 4.69) is 38.1 Å². The van der Waals surface area contributed by atoms with Crippen molar-refractivity contribution in [3.05, 3.63) is 35.9 Å². The zero-order valence-electron chi connectivity index (χ0n) is 10.2. The van der Waals surface area contributed by atoms with Gasteiger partial charge in [0, 0.05) is 11.8 Å². The Bertz CT molecular complexity index is 368. The number of benzene rings is 1. The fourth-order valence-corrected chi connectivity index (χ4v) is 2.82. The number of Topliss-reactive ketones (excluding diaryl/α,β-unsaturated/α-hetero) is 1. The molecule has 16 heavy (non-hydrogen) atoms. The first-order chi connectivity index (χ1) is 7.60. The van der Waals surface area contributed by atoms with Gasteiger partial charge in [0.1, 0.15) is 5.78 Å².